The first kappa shape index (κ1) is 19.3. The number of ether oxygens (including phenoxy) is 1. The molecule has 0 saturated carbocycles. The smallest absolute Gasteiger partial charge is 0.286 e. The number of methoxy groups -OCH3 is 1. The highest BCUT2D eigenvalue weighted by molar-refractivity contribution is 8.13. The summed E-state index contributed by atoms with van der Waals surface area (Å²) in [6.07, 6.45) is 2.30. The molecule has 0 spiro atoms. The molecule has 1 saturated heterocycles. The van der Waals surface area contributed by atoms with Crippen LogP contribution < -0.4 is 20.3 Å². The van der Waals surface area contributed by atoms with Crippen LogP contribution in [0.1, 0.15) is 35.6 Å². The molecular weight excluding hydrogens is 370 g/mol. The summed E-state index contributed by atoms with van der Waals surface area (Å²) in [5, 5.41) is 7.50. The summed E-state index contributed by atoms with van der Waals surface area (Å²) in [7, 11) is 3.55. The fourth-order valence-corrected chi connectivity index (χ4v) is 4.91. The van der Waals surface area contributed by atoms with Crippen LogP contribution in [0.3, 0.4) is 0 Å². The second kappa shape index (κ2) is 8.55. The summed E-state index contributed by atoms with van der Waals surface area (Å²) < 4.78 is 5.66. The molecule has 2 aliphatic heterocycles. The molecule has 2 aromatic rings. The van der Waals surface area contributed by atoms with E-state index in [9.17, 15) is 4.79 Å². The summed E-state index contributed by atoms with van der Waals surface area (Å²) >= 11 is 1.34. The quantitative estimate of drug-likeness (QED) is 0.796. The van der Waals surface area contributed by atoms with Crippen LogP contribution in [0.5, 0.6) is 5.75 Å². The summed E-state index contributed by atoms with van der Waals surface area (Å²) in [4.78, 5) is 13.8. The van der Waals surface area contributed by atoms with Crippen LogP contribution >= 0.6 is 11.8 Å². The van der Waals surface area contributed by atoms with E-state index in [0.717, 1.165) is 42.0 Å². The zero-order valence-electron chi connectivity index (χ0n) is 16.4. The van der Waals surface area contributed by atoms with Crippen LogP contribution in [-0.2, 0) is 12.3 Å². The highest BCUT2D eigenvalue weighted by Crippen LogP contribution is 2.37. The van der Waals surface area contributed by atoms with E-state index in [-0.39, 0.29) is 5.24 Å². The molecule has 5 nitrogen and oxygen atoms in total. The number of anilines is 1. The Kier molecular flexibility index (Phi) is 5.90. The molecule has 0 bridgehead atoms. The van der Waals surface area contributed by atoms with Gasteiger partial charge in [0.15, 0.2) is 0 Å². The zero-order chi connectivity index (χ0) is 19.5. The fraction of sp³-hybridized carbons (Fsp3) is 0.409. The molecule has 1 fully saturated rings. The molecule has 2 aliphatic rings. The number of piperidine rings is 1. The molecule has 4 rings (SSSR count). The lowest BCUT2D eigenvalue weighted by atomic mass is 9.92. The maximum absolute atomic E-state index is 12.1. The first-order valence-corrected chi connectivity index (χ1v) is 10.8. The Hall–Kier alpha value is -2.02. The van der Waals surface area contributed by atoms with Crippen LogP contribution in [0.4, 0.5) is 10.5 Å². The normalized spacial score (nSPS) is 22.1. The van der Waals surface area contributed by atoms with Crippen LogP contribution in [0.2, 0.25) is 0 Å². The predicted octanol–water partition coefficient (Wildman–Crippen LogP) is 4.08. The van der Waals surface area contributed by atoms with Gasteiger partial charge in [0.25, 0.3) is 5.24 Å². The van der Waals surface area contributed by atoms with Gasteiger partial charge in [-0.15, -0.1) is 0 Å². The van der Waals surface area contributed by atoms with Gasteiger partial charge in [0, 0.05) is 42.7 Å². The van der Waals surface area contributed by atoms with E-state index in [4.69, 9.17) is 4.74 Å². The van der Waals surface area contributed by atoms with E-state index in [1.807, 2.05) is 7.05 Å². The first-order chi connectivity index (χ1) is 13.7. The van der Waals surface area contributed by atoms with E-state index in [1.54, 1.807) is 12.0 Å². The van der Waals surface area contributed by atoms with Gasteiger partial charge in [-0.25, -0.2) is 0 Å². The molecular formula is C22H27N3O2S. The van der Waals surface area contributed by atoms with Gasteiger partial charge in [-0.2, -0.15) is 0 Å². The lowest BCUT2D eigenvalue weighted by Crippen LogP contribution is -2.45. The van der Waals surface area contributed by atoms with Crippen LogP contribution in [0.15, 0.2) is 42.5 Å². The van der Waals surface area contributed by atoms with Crippen molar-refractivity contribution in [3.8, 4) is 5.75 Å². The van der Waals surface area contributed by atoms with Crippen molar-refractivity contribution >= 4 is 22.7 Å². The molecule has 2 atom stereocenters. The zero-order valence-corrected chi connectivity index (χ0v) is 17.2. The molecule has 2 heterocycles. The summed E-state index contributed by atoms with van der Waals surface area (Å²) in [5.74, 6) is 1.58. The molecule has 0 aliphatic carbocycles. The van der Waals surface area contributed by atoms with Gasteiger partial charge in [-0.3, -0.25) is 4.79 Å². The average Bonchev–Trinajstić information content (AvgIpc) is 2.75. The van der Waals surface area contributed by atoms with E-state index in [2.05, 4.69) is 53.1 Å². The van der Waals surface area contributed by atoms with Crippen molar-refractivity contribution in [2.45, 2.75) is 37.2 Å². The molecule has 2 aromatic carbocycles. The Balaban J connectivity index is 1.54. The minimum Gasteiger partial charge on any atom is -0.496 e. The Morgan fingerprint density at radius 3 is 2.89 bits per heavy atom. The van der Waals surface area contributed by atoms with Crippen molar-refractivity contribution in [3.63, 3.8) is 0 Å². The Morgan fingerprint density at radius 2 is 2.11 bits per heavy atom. The van der Waals surface area contributed by atoms with Gasteiger partial charge in [-0.05, 0) is 42.6 Å². The third-order valence-electron chi connectivity index (χ3n) is 5.64. The monoisotopic (exact) mass is 397 g/mol. The maximum Gasteiger partial charge on any atom is 0.286 e. The number of hydrogen-bond acceptors (Lipinski definition) is 5. The van der Waals surface area contributed by atoms with Gasteiger partial charge in [0.05, 0.1) is 7.11 Å². The Labute approximate surface area is 170 Å². The van der Waals surface area contributed by atoms with Crippen molar-refractivity contribution in [3.05, 3.63) is 59.2 Å². The van der Waals surface area contributed by atoms with Crippen molar-refractivity contribution in [1.29, 1.82) is 0 Å². The predicted molar refractivity (Wildman–Crippen MR) is 115 cm³/mol. The number of thioether (sulfide) groups is 1. The van der Waals surface area contributed by atoms with Crippen molar-refractivity contribution in [2.24, 2.45) is 0 Å². The number of amides is 1. The van der Waals surface area contributed by atoms with Crippen LogP contribution in [-0.4, -0.2) is 32.0 Å². The number of carbonyl (C=O) groups is 1. The SMILES string of the molecule is COc1cc2c(cc1CNC1CCCNC1c1ccccc1)N(C)C(=O)SC2. The largest absolute Gasteiger partial charge is 0.496 e. The molecule has 6 heteroatoms. The molecule has 28 heavy (non-hydrogen) atoms. The Morgan fingerprint density at radius 1 is 1.29 bits per heavy atom. The Bertz CT molecular complexity index is 843. The van der Waals surface area contributed by atoms with Crippen molar-refractivity contribution in [2.75, 3.05) is 25.6 Å². The van der Waals surface area contributed by atoms with Gasteiger partial charge >= 0.3 is 0 Å². The number of rotatable bonds is 5. The number of nitrogens with zero attached hydrogens (tertiary/aromatic N) is 1. The second-order valence-electron chi connectivity index (χ2n) is 7.38. The summed E-state index contributed by atoms with van der Waals surface area (Å²) in [6.45, 7) is 1.76. The average molecular weight is 398 g/mol. The van der Waals surface area contributed by atoms with E-state index in [1.165, 1.54) is 17.3 Å². The topological polar surface area (TPSA) is 53.6 Å². The third kappa shape index (κ3) is 3.90. The number of hydrogen-bond donors (Lipinski definition) is 2. The summed E-state index contributed by atoms with van der Waals surface area (Å²) in [5.41, 5.74) is 4.54. The standard InChI is InChI=1S/C22H27N3O2S/c1-25-19-11-16(20(27-2)12-17(19)14-28-22(25)26)13-24-18-9-6-10-23-21(18)15-7-4-3-5-8-15/h3-5,7-8,11-12,18,21,23-24H,6,9-10,13-14H2,1-2H3. The molecule has 2 unspecified atom stereocenters. The van der Waals surface area contributed by atoms with Crippen LogP contribution in [0.25, 0.3) is 0 Å². The van der Waals surface area contributed by atoms with Gasteiger partial charge in [0.2, 0.25) is 0 Å². The van der Waals surface area contributed by atoms with E-state index in [0.29, 0.717) is 24.4 Å². The number of carbonyl (C=O) groups excluding carboxylic acids is 1. The van der Waals surface area contributed by atoms with E-state index >= 15 is 0 Å². The van der Waals surface area contributed by atoms with Gasteiger partial charge in [-0.1, -0.05) is 42.1 Å². The number of benzene rings is 2. The molecule has 0 aromatic heterocycles. The third-order valence-corrected chi connectivity index (χ3v) is 6.62. The molecule has 2 N–H and O–H groups in total. The summed E-state index contributed by atoms with van der Waals surface area (Å²) in [6, 6.07) is 15.5. The minimum atomic E-state index is 0.0946. The highest BCUT2D eigenvalue weighted by atomic mass is 32.2. The lowest BCUT2D eigenvalue weighted by Gasteiger charge is -2.34. The molecule has 0 radical (unpaired) electrons. The highest BCUT2D eigenvalue weighted by Gasteiger charge is 2.27. The van der Waals surface area contributed by atoms with Crippen LogP contribution in [0, 0.1) is 0 Å². The first-order valence-electron chi connectivity index (χ1n) is 9.79. The maximum atomic E-state index is 12.1. The molecule has 148 valence electrons. The van der Waals surface area contributed by atoms with Gasteiger partial charge in [0.1, 0.15) is 5.75 Å². The fourth-order valence-electron chi connectivity index (χ4n) is 4.10. The van der Waals surface area contributed by atoms with E-state index < -0.39 is 0 Å². The molecule has 1 amide bonds. The number of fused-ring (bicyclic) bond motifs is 1. The minimum absolute atomic E-state index is 0.0946. The van der Waals surface area contributed by atoms with Gasteiger partial charge < -0.3 is 20.3 Å². The second-order valence-corrected chi connectivity index (χ2v) is 8.31. The van der Waals surface area contributed by atoms with Crippen molar-refractivity contribution in [1.82, 2.24) is 10.6 Å². The lowest BCUT2D eigenvalue weighted by molar-refractivity contribution is 0.266. The van der Waals surface area contributed by atoms with Crippen molar-refractivity contribution < 1.29 is 9.53 Å². The number of nitrogens with one attached hydrogen (secondary N) is 2.